The van der Waals surface area contributed by atoms with Gasteiger partial charge in [-0.3, -0.25) is 0 Å². The molecule has 0 bridgehead atoms. The van der Waals surface area contributed by atoms with E-state index in [-0.39, 0.29) is 0 Å². The maximum Gasteiger partial charge on any atom is 0.0302 e. The van der Waals surface area contributed by atoms with E-state index in [9.17, 15) is 0 Å². The Kier molecular flexibility index (Phi) is 4.74. The maximum atomic E-state index is 3.70. The molecule has 1 saturated carbocycles. The summed E-state index contributed by atoms with van der Waals surface area (Å²) >= 11 is 4.05. The van der Waals surface area contributed by atoms with E-state index < -0.39 is 0 Å². The van der Waals surface area contributed by atoms with E-state index in [1.165, 1.54) is 34.8 Å². The summed E-state index contributed by atoms with van der Waals surface area (Å²) in [6.45, 7) is 5.50. The van der Waals surface area contributed by atoms with Crippen LogP contribution >= 0.6 is 23.1 Å². The minimum atomic E-state index is 0.756. The average molecular weight is 255 g/mol. The molecule has 1 fully saturated rings. The second-order valence-corrected chi connectivity index (χ2v) is 7.43. The summed E-state index contributed by atoms with van der Waals surface area (Å²) in [4.78, 5) is 2.90. The lowest BCUT2D eigenvalue weighted by Gasteiger charge is -2.12. The van der Waals surface area contributed by atoms with Crippen molar-refractivity contribution >= 4 is 23.1 Å². The van der Waals surface area contributed by atoms with Crippen molar-refractivity contribution in [1.29, 1.82) is 0 Å². The predicted octanol–water partition coefficient (Wildman–Crippen LogP) is 3.82. The number of hydrogen-bond donors (Lipinski definition) is 1. The summed E-state index contributed by atoms with van der Waals surface area (Å²) < 4.78 is 0. The van der Waals surface area contributed by atoms with Gasteiger partial charge in [-0.05, 0) is 44.1 Å². The second-order valence-electron chi connectivity index (χ2n) is 4.48. The summed E-state index contributed by atoms with van der Waals surface area (Å²) in [6.07, 6.45) is 4.13. The molecule has 2 rings (SSSR count). The largest absolute Gasteiger partial charge is 0.309 e. The molecule has 16 heavy (non-hydrogen) atoms. The molecule has 0 aliphatic heterocycles. The van der Waals surface area contributed by atoms with Gasteiger partial charge in [-0.15, -0.1) is 11.3 Å². The lowest BCUT2D eigenvalue weighted by molar-refractivity contribution is 0.528. The second kappa shape index (κ2) is 6.08. The molecule has 90 valence electrons. The van der Waals surface area contributed by atoms with Gasteiger partial charge in [0.2, 0.25) is 0 Å². The van der Waals surface area contributed by atoms with Crippen molar-refractivity contribution in [3.63, 3.8) is 0 Å². The van der Waals surface area contributed by atoms with Crippen LogP contribution in [0, 0.1) is 6.92 Å². The van der Waals surface area contributed by atoms with Gasteiger partial charge in [0.1, 0.15) is 0 Å². The van der Waals surface area contributed by atoms with Crippen LogP contribution in [0.4, 0.5) is 0 Å². The van der Waals surface area contributed by atoms with Crippen LogP contribution in [0.15, 0.2) is 12.1 Å². The van der Waals surface area contributed by atoms with E-state index in [4.69, 9.17) is 0 Å². The zero-order chi connectivity index (χ0) is 11.4. The number of thiophene rings is 1. The van der Waals surface area contributed by atoms with Crippen molar-refractivity contribution in [3.05, 3.63) is 21.9 Å². The normalized spacial score (nSPS) is 25.1. The van der Waals surface area contributed by atoms with Crippen LogP contribution in [0.5, 0.6) is 0 Å². The monoisotopic (exact) mass is 255 g/mol. The number of thioether (sulfide) groups is 1. The lowest BCUT2D eigenvalue weighted by Crippen LogP contribution is -2.25. The van der Waals surface area contributed by atoms with Crippen molar-refractivity contribution in [2.75, 3.05) is 5.75 Å². The molecule has 0 amide bonds. The van der Waals surface area contributed by atoms with Gasteiger partial charge in [0, 0.05) is 27.6 Å². The van der Waals surface area contributed by atoms with Crippen LogP contribution < -0.4 is 5.32 Å². The molecule has 1 heterocycles. The minimum Gasteiger partial charge on any atom is -0.309 e. The van der Waals surface area contributed by atoms with E-state index in [2.05, 4.69) is 43.1 Å². The third kappa shape index (κ3) is 3.51. The van der Waals surface area contributed by atoms with Crippen molar-refractivity contribution in [2.24, 2.45) is 0 Å². The topological polar surface area (TPSA) is 12.0 Å². The van der Waals surface area contributed by atoms with Crippen LogP contribution in [-0.2, 0) is 6.54 Å². The third-order valence-corrected chi connectivity index (χ3v) is 5.38. The fourth-order valence-electron chi connectivity index (χ4n) is 2.34. The molecular formula is C13H21NS2. The van der Waals surface area contributed by atoms with Gasteiger partial charge in [0.05, 0.1) is 0 Å². The first kappa shape index (κ1) is 12.5. The molecule has 1 nitrogen and oxygen atoms in total. The number of hydrogen-bond acceptors (Lipinski definition) is 3. The Hall–Kier alpha value is 0.01000. The van der Waals surface area contributed by atoms with Crippen LogP contribution in [-0.4, -0.2) is 17.0 Å². The van der Waals surface area contributed by atoms with E-state index in [0.29, 0.717) is 0 Å². The highest BCUT2D eigenvalue weighted by molar-refractivity contribution is 7.99. The highest BCUT2D eigenvalue weighted by Crippen LogP contribution is 2.30. The highest BCUT2D eigenvalue weighted by Gasteiger charge is 2.23. The first-order chi connectivity index (χ1) is 7.78. The Morgan fingerprint density at radius 1 is 1.44 bits per heavy atom. The Morgan fingerprint density at radius 3 is 3.00 bits per heavy atom. The first-order valence-electron chi connectivity index (χ1n) is 6.18. The third-order valence-electron chi connectivity index (χ3n) is 3.15. The summed E-state index contributed by atoms with van der Waals surface area (Å²) in [5, 5.41) is 4.61. The molecule has 3 heteroatoms. The lowest BCUT2D eigenvalue weighted by atomic mass is 10.2. The summed E-state index contributed by atoms with van der Waals surface area (Å²) in [6, 6.07) is 5.22. The molecule has 0 radical (unpaired) electrons. The molecular weight excluding hydrogens is 234 g/mol. The average Bonchev–Trinajstić information content (AvgIpc) is 2.85. The molecule has 1 aromatic rings. The zero-order valence-corrected chi connectivity index (χ0v) is 11.8. The number of rotatable bonds is 5. The van der Waals surface area contributed by atoms with Crippen molar-refractivity contribution < 1.29 is 0 Å². The maximum absolute atomic E-state index is 3.70. The molecule has 1 aliphatic rings. The fraction of sp³-hybridized carbons (Fsp3) is 0.692. The van der Waals surface area contributed by atoms with E-state index in [0.717, 1.165) is 17.8 Å². The smallest absolute Gasteiger partial charge is 0.0302 e. The van der Waals surface area contributed by atoms with Crippen molar-refractivity contribution in [1.82, 2.24) is 5.32 Å². The van der Waals surface area contributed by atoms with Gasteiger partial charge in [-0.25, -0.2) is 0 Å². The molecule has 1 aromatic heterocycles. The molecule has 2 atom stereocenters. The summed E-state index contributed by atoms with van der Waals surface area (Å²) in [5.41, 5.74) is 0. The van der Waals surface area contributed by atoms with Gasteiger partial charge in [-0.1, -0.05) is 6.92 Å². The minimum absolute atomic E-state index is 0.756. The van der Waals surface area contributed by atoms with Crippen LogP contribution in [0.2, 0.25) is 0 Å². The SMILES string of the molecule is CCSC1CCC(NCc2ccc(C)s2)C1. The van der Waals surface area contributed by atoms with Gasteiger partial charge < -0.3 is 5.32 Å². The molecule has 0 saturated heterocycles. The van der Waals surface area contributed by atoms with E-state index in [1.54, 1.807) is 0 Å². The Labute approximate surface area is 107 Å². The Morgan fingerprint density at radius 2 is 2.31 bits per heavy atom. The van der Waals surface area contributed by atoms with Gasteiger partial charge in [0.15, 0.2) is 0 Å². The Balaban J connectivity index is 1.71. The predicted molar refractivity (Wildman–Crippen MR) is 75.5 cm³/mol. The number of nitrogens with one attached hydrogen (secondary N) is 1. The van der Waals surface area contributed by atoms with Crippen molar-refractivity contribution in [3.8, 4) is 0 Å². The Bertz CT molecular complexity index is 321. The van der Waals surface area contributed by atoms with Crippen LogP contribution in [0.1, 0.15) is 35.9 Å². The van der Waals surface area contributed by atoms with Gasteiger partial charge >= 0.3 is 0 Å². The van der Waals surface area contributed by atoms with E-state index >= 15 is 0 Å². The number of aryl methyl sites for hydroxylation is 1. The van der Waals surface area contributed by atoms with Crippen LogP contribution in [0.3, 0.4) is 0 Å². The first-order valence-corrected chi connectivity index (χ1v) is 8.04. The van der Waals surface area contributed by atoms with E-state index in [1.807, 2.05) is 11.3 Å². The fourth-order valence-corrected chi connectivity index (χ4v) is 4.32. The molecule has 1 aliphatic carbocycles. The molecule has 1 N–H and O–H groups in total. The van der Waals surface area contributed by atoms with Gasteiger partial charge in [0.25, 0.3) is 0 Å². The van der Waals surface area contributed by atoms with Gasteiger partial charge in [-0.2, -0.15) is 11.8 Å². The standard InChI is InChI=1S/C13H21NS2/c1-3-15-12-7-5-11(8-12)14-9-13-6-4-10(2)16-13/h4,6,11-12,14H,3,5,7-9H2,1-2H3. The van der Waals surface area contributed by atoms with Crippen LogP contribution in [0.25, 0.3) is 0 Å². The molecule has 0 spiro atoms. The summed E-state index contributed by atoms with van der Waals surface area (Å²) in [7, 11) is 0. The molecule has 2 unspecified atom stereocenters. The quantitative estimate of drug-likeness (QED) is 0.858. The zero-order valence-electron chi connectivity index (χ0n) is 10.2. The van der Waals surface area contributed by atoms with Crippen molar-refractivity contribution in [2.45, 2.75) is 50.9 Å². The molecule has 0 aromatic carbocycles. The highest BCUT2D eigenvalue weighted by atomic mass is 32.2. The summed E-state index contributed by atoms with van der Waals surface area (Å²) in [5.74, 6) is 1.27.